The van der Waals surface area contributed by atoms with Gasteiger partial charge in [-0.15, -0.1) is 0 Å². The van der Waals surface area contributed by atoms with Crippen molar-refractivity contribution in [2.75, 3.05) is 14.2 Å². The van der Waals surface area contributed by atoms with Crippen molar-refractivity contribution in [2.24, 2.45) is 0 Å². The number of benzene rings is 1. The average molecular weight is 388 g/mol. The summed E-state index contributed by atoms with van der Waals surface area (Å²) in [6, 6.07) is 2.99. The number of aromatic amines is 1. The molecule has 0 saturated carbocycles. The second-order valence-corrected chi connectivity index (χ2v) is 7.01. The molecule has 0 fully saturated rings. The van der Waals surface area contributed by atoms with E-state index in [9.17, 15) is 10.2 Å². The fourth-order valence-corrected chi connectivity index (χ4v) is 3.50. The third-order valence-corrected chi connectivity index (χ3v) is 5.31. The summed E-state index contributed by atoms with van der Waals surface area (Å²) in [5.41, 5.74) is 1.53. The number of ether oxygens (including phenoxy) is 1. The van der Waals surface area contributed by atoms with Gasteiger partial charge in [-0.25, -0.2) is 0 Å². The number of phenols is 2. The Morgan fingerprint density at radius 3 is 2.74 bits per heavy atom. The number of hydrogen-bond acceptors (Lipinski definition) is 6. The Morgan fingerprint density at radius 2 is 2.11 bits per heavy atom. The Hall–Kier alpha value is -2.42. The molecule has 0 aliphatic heterocycles. The van der Waals surface area contributed by atoms with Gasteiger partial charge in [-0.2, -0.15) is 5.10 Å². The van der Waals surface area contributed by atoms with Gasteiger partial charge < -0.3 is 20.3 Å². The summed E-state index contributed by atoms with van der Waals surface area (Å²) < 4.78 is 7.80. The van der Waals surface area contributed by atoms with Crippen LogP contribution in [0.25, 0.3) is 17.1 Å². The lowest BCUT2D eigenvalue weighted by Crippen LogP contribution is -2.47. The molecule has 0 spiro atoms. The lowest BCUT2D eigenvalue weighted by molar-refractivity contribution is 0.0295. The van der Waals surface area contributed by atoms with Crippen molar-refractivity contribution >= 4 is 17.9 Å². The van der Waals surface area contributed by atoms with Crippen LogP contribution in [-0.4, -0.2) is 50.8 Å². The van der Waals surface area contributed by atoms with Crippen molar-refractivity contribution in [1.82, 2.24) is 20.1 Å². The number of phenolic OH excluding ortho intramolecular Hbond substituents is 2. The predicted octanol–water partition coefficient (Wildman–Crippen LogP) is 2.99. The summed E-state index contributed by atoms with van der Waals surface area (Å²) >= 11 is 5.43. The lowest BCUT2D eigenvalue weighted by atomic mass is 9.90. The van der Waals surface area contributed by atoms with Crippen molar-refractivity contribution in [3.8, 4) is 22.9 Å². The highest BCUT2D eigenvalue weighted by Crippen LogP contribution is 2.36. The van der Waals surface area contributed by atoms with Crippen molar-refractivity contribution in [1.29, 1.82) is 0 Å². The molecule has 27 heavy (non-hydrogen) atoms. The van der Waals surface area contributed by atoms with Gasteiger partial charge in [0, 0.05) is 18.9 Å². The molecule has 1 aromatic carbocycles. The zero-order valence-corrected chi connectivity index (χ0v) is 16.6. The number of aromatic nitrogens is 3. The highest BCUT2D eigenvalue weighted by molar-refractivity contribution is 7.71. The number of H-pyrrole nitrogens is 1. The summed E-state index contributed by atoms with van der Waals surface area (Å²) in [4.78, 5) is 0. The molecule has 8 heteroatoms. The molecular formula is C19H24N4O3S. The number of aromatic hydroxyl groups is 2. The highest BCUT2D eigenvalue weighted by Gasteiger charge is 2.33. The van der Waals surface area contributed by atoms with E-state index in [0.29, 0.717) is 22.6 Å². The minimum Gasteiger partial charge on any atom is -0.508 e. The van der Waals surface area contributed by atoms with Crippen LogP contribution in [0.15, 0.2) is 30.4 Å². The van der Waals surface area contributed by atoms with Crippen LogP contribution in [0.5, 0.6) is 11.5 Å². The Labute approximate surface area is 163 Å². The van der Waals surface area contributed by atoms with E-state index in [4.69, 9.17) is 17.0 Å². The number of rotatable bonds is 5. The van der Waals surface area contributed by atoms with Gasteiger partial charge in [0.1, 0.15) is 17.1 Å². The number of nitrogens with one attached hydrogen (secondary N) is 2. The van der Waals surface area contributed by atoms with E-state index < -0.39 is 5.60 Å². The fourth-order valence-electron chi connectivity index (χ4n) is 3.26. The van der Waals surface area contributed by atoms with Crippen LogP contribution in [0.1, 0.15) is 19.4 Å². The molecule has 1 aliphatic rings. The van der Waals surface area contributed by atoms with Gasteiger partial charge in [0.25, 0.3) is 0 Å². The van der Waals surface area contributed by atoms with Gasteiger partial charge in [-0.1, -0.05) is 6.92 Å². The van der Waals surface area contributed by atoms with Crippen molar-refractivity contribution in [3.63, 3.8) is 0 Å². The van der Waals surface area contributed by atoms with Gasteiger partial charge >= 0.3 is 0 Å². The molecule has 144 valence electrons. The first-order chi connectivity index (χ1) is 12.8. The topological polar surface area (TPSA) is 95.3 Å². The maximum absolute atomic E-state index is 10.4. The molecule has 1 aliphatic carbocycles. The number of allylic oxidation sites excluding steroid dienone is 2. The maximum atomic E-state index is 10.4. The van der Waals surface area contributed by atoms with Crippen LogP contribution >= 0.6 is 12.2 Å². The predicted molar refractivity (Wildman–Crippen MR) is 107 cm³/mol. The summed E-state index contributed by atoms with van der Waals surface area (Å²) in [6.45, 7) is 3.93. The normalized spacial score (nSPS) is 22.1. The summed E-state index contributed by atoms with van der Waals surface area (Å²) in [5.74, 6) is 0.466. The zero-order chi connectivity index (χ0) is 19.8. The van der Waals surface area contributed by atoms with Crippen molar-refractivity contribution in [2.45, 2.75) is 31.9 Å². The Morgan fingerprint density at radius 1 is 1.37 bits per heavy atom. The van der Waals surface area contributed by atoms with Crippen molar-refractivity contribution < 1.29 is 14.9 Å². The molecule has 2 unspecified atom stereocenters. The maximum Gasteiger partial charge on any atom is 0.200 e. The van der Waals surface area contributed by atoms with Crippen LogP contribution in [0.4, 0.5) is 0 Å². The van der Waals surface area contributed by atoms with Gasteiger partial charge in [0.05, 0.1) is 11.6 Å². The first-order valence-corrected chi connectivity index (χ1v) is 9.12. The SMILES string of the molecule is CCc1cc(-c2n[nH]c(=S)n2C2=CC(NC)C(C)(OC)C=C2)c(O)cc1O. The summed E-state index contributed by atoms with van der Waals surface area (Å²) in [6.07, 6.45) is 6.53. The minimum atomic E-state index is -0.486. The van der Waals surface area contributed by atoms with E-state index in [-0.39, 0.29) is 17.5 Å². The van der Waals surface area contributed by atoms with Crippen molar-refractivity contribution in [3.05, 3.63) is 40.7 Å². The molecule has 0 bridgehead atoms. The summed E-state index contributed by atoms with van der Waals surface area (Å²) in [7, 11) is 3.54. The van der Waals surface area contributed by atoms with E-state index in [1.165, 1.54) is 6.07 Å². The summed E-state index contributed by atoms with van der Waals surface area (Å²) in [5, 5.41) is 30.7. The number of nitrogens with zero attached hydrogens (tertiary/aromatic N) is 2. The quantitative estimate of drug-likeness (QED) is 0.588. The van der Waals surface area contributed by atoms with Crippen LogP contribution in [0, 0.1) is 4.77 Å². The molecule has 0 saturated heterocycles. The van der Waals surface area contributed by atoms with Crippen LogP contribution < -0.4 is 5.32 Å². The van der Waals surface area contributed by atoms with Gasteiger partial charge in [0.2, 0.25) is 0 Å². The molecule has 3 rings (SSSR count). The number of likely N-dealkylation sites (N-methyl/N-ethyl adjacent to an activating group) is 1. The second-order valence-electron chi connectivity index (χ2n) is 6.62. The highest BCUT2D eigenvalue weighted by atomic mass is 32.1. The first-order valence-electron chi connectivity index (χ1n) is 8.71. The van der Waals surface area contributed by atoms with Gasteiger partial charge in [-0.3, -0.25) is 9.67 Å². The average Bonchev–Trinajstić information content (AvgIpc) is 3.03. The van der Waals surface area contributed by atoms with E-state index in [1.807, 2.05) is 39.1 Å². The lowest BCUT2D eigenvalue weighted by Gasteiger charge is -2.35. The number of methoxy groups -OCH3 is 1. The smallest absolute Gasteiger partial charge is 0.200 e. The molecule has 1 aromatic heterocycles. The van der Waals surface area contributed by atoms with Gasteiger partial charge in [0.15, 0.2) is 10.6 Å². The molecule has 4 N–H and O–H groups in total. The molecule has 0 radical (unpaired) electrons. The van der Waals surface area contributed by atoms with E-state index in [1.54, 1.807) is 17.7 Å². The fraction of sp³-hybridized carbons (Fsp3) is 0.368. The number of aryl methyl sites for hydroxylation is 1. The first kappa shape index (κ1) is 19.3. The monoisotopic (exact) mass is 388 g/mol. The van der Waals surface area contributed by atoms with E-state index in [2.05, 4.69) is 15.5 Å². The zero-order valence-electron chi connectivity index (χ0n) is 15.8. The van der Waals surface area contributed by atoms with Crippen LogP contribution in [-0.2, 0) is 11.2 Å². The molecular weight excluding hydrogens is 364 g/mol. The molecule has 2 aromatic rings. The third kappa shape index (κ3) is 3.31. The Bertz CT molecular complexity index is 976. The standard InChI is InChI=1S/C19H24N4O3S/c1-5-11-8-13(15(25)10-14(11)24)17-21-22-18(27)23(17)12-6-7-19(2,26-4)16(9-12)20-3/h6-10,16,20,24-25H,5H2,1-4H3,(H,22,27). The molecule has 7 nitrogen and oxygen atoms in total. The van der Waals surface area contributed by atoms with Crippen LogP contribution in [0.2, 0.25) is 0 Å². The Balaban J connectivity index is 2.15. The third-order valence-electron chi connectivity index (χ3n) is 5.04. The molecule has 0 amide bonds. The largest absolute Gasteiger partial charge is 0.508 e. The van der Waals surface area contributed by atoms with Gasteiger partial charge in [-0.05, 0) is 62.5 Å². The number of hydrogen-bond donors (Lipinski definition) is 4. The second kappa shape index (κ2) is 7.30. The van der Waals surface area contributed by atoms with E-state index >= 15 is 0 Å². The van der Waals surface area contributed by atoms with E-state index in [0.717, 1.165) is 11.3 Å². The molecule has 2 atom stereocenters. The minimum absolute atomic E-state index is 0.0577. The molecule has 1 heterocycles. The van der Waals surface area contributed by atoms with Crippen LogP contribution in [0.3, 0.4) is 0 Å². The Kier molecular flexibility index (Phi) is 5.23.